The van der Waals surface area contributed by atoms with Crippen molar-refractivity contribution in [3.05, 3.63) is 65.5 Å². The molecule has 0 bridgehead atoms. The fraction of sp³-hybridized carbons (Fsp3) is 0.357. The van der Waals surface area contributed by atoms with Crippen LogP contribution in [0.1, 0.15) is 47.3 Å². The monoisotopic (exact) mass is 534 g/mol. The third-order valence-corrected chi connectivity index (χ3v) is 6.23. The van der Waals surface area contributed by atoms with Crippen LogP contribution in [-0.2, 0) is 11.2 Å². The summed E-state index contributed by atoms with van der Waals surface area (Å²) >= 11 is 0. The van der Waals surface area contributed by atoms with Crippen LogP contribution in [0, 0.1) is 0 Å². The Bertz CT molecular complexity index is 1360. The highest BCUT2D eigenvalue weighted by molar-refractivity contribution is 6.09. The van der Waals surface area contributed by atoms with Crippen molar-refractivity contribution in [3.8, 4) is 11.4 Å². The average Bonchev–Trinajstić information content (AvgIpc) is 3.29. The van der Waals surface area contributed by atoms with Crippen LogP contribution in [0.4, 0.5) is 16.2 Å². The second kappa shape index (κ2) is 11.1. The molecule has 1 aliphatic heterocycles. The number of primary amides is 1. The van der Waals surface area contributed by atoms with E-state index in [4.69, 9.17) is 15.2 Å². The molecule has 0 fully saturated rings. The Morgan fingerprint density at radius 2 is 1.72 bits per heavy atom. The summed E-state index contributed by atoms with van der Waals surface area (Å²) in [4.78, 5) is 41.1. The Balaban J connectivity index is 1.48. The summed E-state index contributed by atoms with van der Waals surface area (Å²) in [6.07, 6.45) is 0.0583. The number of nitrogens with two attached hydrogens (primary N) is 1. The first-order valence-corrected chi connectivity index (χ1v) is 12.6. The van der Waals surface area contributed by atoms with Crippen molar-refractivity contribution < 1.29 is 23.9 Å². The molecule has 2 aromatic carbocycles. The van der Waals surface area contributed by atoms with Gasteiger partial charge in [0.2, 0.25) is 0 Å². The van der Waals surface area contributed by atoms with Gasteiger partial charge in [0.05, 0.1) is 12.8 Å². The molecule has 0 saturated carbocycles. The molecule has 3 N–H and O–H groups in total. The van der Waals surface area contributed by atoms with Crippen molar-refractivity contribution in [1.29, 1.82) is 0 Å². The van der Waals surface area contributed by atoms with E-state index in [1.165, 1.54) is 9.58 Å². The van der Waals surface area contributed by atoms with Crippen molar-refractivity contribution in [2.24, 2.45) is 5.73 Å². The molecule has 0 atom stereocenters. The number of nitrogens with zero attached hydrogens (tertiary/aromatic N) is 4. The topological polar surface area (TPSA) is 132 Å². The number of benzene rings is 2. The third kappa shape index (κ3) is 6.14. The van der Waals surface area contributed by atoms with Gasteiger partial charge < -0.3 is 30.3 Å². The van der Waals surface area contributed by atoms with Gasteiger partial charge in [-0.25, -0.2) is 9.48 Å². The van der Waals surface area contributed by atoms with Crippen molar-refractivity contribution in [3.63, 3.8) is 0 Å². The summed E-state index contributed by atoms with van der Waals surface area (Å²) in [5.74, 6) is -0.285. The Hall–Kier alpha value is -4.54. The molecule has 4 rings (SSSR count). The summed E-state index contributed by atoms with van der Waals surface area (Å²) in [6.45, 7) is 6.86. The number of fused-ring (bicyclic) bond motifs is 1. The van der Waals surface area contributed by atoms with E-state index in [9.17, 15) is 14.4 Å². The molecule has 1 aromatic heterocycles. The van der Waals surface area contributed by atoms with Gasteiger partial charge in [0.1, 0.15) is 17.0 Å². The standard InChI is InChI=1S/C28H34N6O5/c1-28(2,3)39-27(37)32(4)17-15-30-18-6-8-19(9-7-18)33-16-14-22-23(25(29)35)31-34(24(22)26(33)36)20-10-12-21(38-5)13-11-20/h6-13,30H,14-17H2,1-5H3,(H2,29,35). The van der Waals surface area contributed by atoms with Gasteiger partial charge in [0, 0.05) is 43.6 Å². The number of aromatic nitrogens is 2. The van der Waals surface area contributed by atoms with Gasteiger partial charge in [0.25, 0.3) is 11.8 Å². The minimum absolute atomic E-state index is 0.102. The number of hydrogen-bond donors (Lipinski definition) is 2. The number of rotatable bonds is 8. The number of likely N-dealkylation sites (N-methyl/N-ethyl adjacent to an activating group) is 1. The second-order valence-electron chi connectivity index (χ2n) is 10.2. The molecule has 0 radical (unpaired) electrons. The maximum Gasteiger partial charge on any atom is 0.410 e. The van der Waals surface area contributed by atoms with E-state index in [2.05, 4.69) is 10.4 Å². The van der Waals surface area contributed by atoms with Crippen LogP contribution < -0.4 is 20.7 Å². The number of carbonyl (C=O) groups is 3. The molecule has 0 aliphatic carbocycles. The lowest BCUT2D eigenvalue weighted by molar-refractivity contribution is 0.0305. The van der Waals surface area contributed by atoms with E-state index in [0.29, 0.717) is 54.4 Å². The molecule has 0 saturated heterocycles. The van der Waals surface area contributed by atoms with Crippen LogP contribution in [-0.4, -0.2) is 72.0 Å². The Labute approximate surface area is 227 Å². The van der Waals surface area contributed by atoms with E-state index < -0.39 is 11.5 Å². The first-order chi connectivity index (χ1) is 18.5. The largest absolute Gasteiger partial charge is 0.497 e. The highest BCUT2D eigenvalue weighted by Crippen LogP contribution is 2.30. The fourth-order valence-electron chi connectivity index (χ4n) is 4.27. The number of anilines is 2. The zero-order valence-electron chi connectivity index (χ0n) is 22.9. The molecule has 0 spiro atoms. The van der Waals surface area contributed by atoms with E-state index in [0.717, 1.165) is 5.69 Å². The van der Waals surface area contributed by atoms with Crippen LogP contribution in [0.5, 0.6) is 5.75 Å². The Morgan fingerprint density at radius 3 is 2.31 bits per heavy atom. The Kier molecular flexibility index (Phi) is 7.80. The number of methoxy groups -OCH3 is 1. The SMILES string of the molecule is COc1ccc(-n2nc(C(N)=O)c3c2C(=O)N(c2ccc(NCCN(C)C(=O)OC(C)(C)C)cc2)CC3)cc1. The van der Waals surface area contributed by atoms with Crippen LogP contribution in [0.3, 0.4) is 0 Å². The average molecular weight is 535 g/mol. The van der Waals surface area contributed by atoms with Gasteiger partial charge in [-0.2, -0.15) is 5.10 Å². The van der Waals surface area contributed by atoms with E-state index in [-0.39, 0.29) is 17.7 Å². The number of ether oxygens (including phenoxy) is 2. The molecule has 3 amide bonds. The first kappa shape index (κ1) is 27.5. The lowest BCUT2D eigenvalue weighted by Crippen LogP contribution is -2.39. The zero-order valence-corrected chi connectivity index (χ0v) is 22.9. The van der Waals surface area contributed by atoms with Gasteiger partial charge in [0.15, 0.2) is 5.69 Å². The quantitative estimate of drug-likeness (QED) is 0.452. The summed E-state index contributed by atoms with van der Waals surface area (Å²) in [5, 5.41) is 7.67. The van der Waals surface area contributed by atoms with Crippen molar-refractivity contribution >= 4 is 29.3 Å². The van der Waals surface area contributed by atoms with Gasteiger partial charge in [-0.3, -0.25) is 9.59 Å². The number of nitrogens with one attached hydrogen (secondary N) is 1. The van der Waals surface area contributed by atoms with E-state index in [1.807, 2.05) is 45.0 Å². The molecular formula is C28H34N6O5. The van der Waals surface area contributed by atoms with E-state index >= 15 is 0 Å². The number of hydrogen-bond acceptors (Lipinski definition) is 7. The van der Waals surface area contributed by atoms with Gasteiger partial charge in [-0.1, -0.05) is 0 Å². The lowest BCUT2D eigenvalue weighted by Gasteiger charge is -2.28. The molecule has 3 aromatic rings. The molecule has 206 valence electrons. The summed E-state index contributed by atoms with van der Waals surface area (Å²) in [6, 6.07) is 14.5. The van der Waals surface area contributed by atoms with Crippen LogP contribution in [0.25, 0.3) is 5.69 Å². The summed E-state index contributed by atoms with van der Waals surface area (Å²) in [7, 11) is 3.26. The fourth-order valence-corrected chi connectivity index (χ4v) is 4.27. The minimum atomic E-state index is -0.674. The Morgan fingerprint density at radius 1 is 1.08 bits per heavy atom. The first-order valence-electron chi connectivity index (χ1n) is 12.6. The van der Waals surface area contributed by atoms with Crippen molar-refractivity contribution in [2.45, 2.75) is 32.8 Å². The number of amides is 3. The van der Waals surface area contributed by atoms with Crippen molar-refractivity contribution in [1.82, 2.24) is 14.7 Å². The van der Waals surface area contributed by atoms with E-state index in [1.54, 1.807) is 43.3 Å². The van der Waals surface area contributed by atoms with Crippen LogP contribution in [0.15, 0.2) is 48.5 Å². The molecular weight excluding hydrogens is 500 g/mol. The molecule has 39 heavy (non-hydrogen) atoms. The molecule has 1 aliphatic rings. The molecule has 11 nitrogen and oxygen atoms in total. The number of carbonyl (C=O) groups excluding carboxylic acids is 3. The summed E-state index contributed by atoms with van der Waals surface area (Å²) < 4.78 is 12.1. The van der Waals surface area contributed by atoms with Gasteiger partial charge in [-0.05, 0) is 75.7 Å². The maximum atomic E-state index is 13.7. The predicted molar refractivity (Wildman–Crippen MR) is 148 cm³/mol. The predicted octanol–water partition coefficient (Wildman–Crippen LogP) is 3.46. The normalized spacial score (nSPS) is 13.1. The molecule has 2 heterocycles. The summed E-state index contributed by atoms with van der Waals surface area (Å²) in [5.41, 5.74) is 8.18. The van der Waals surface area contributed by atoms with Crippen LogP contribution >= 0.6 is 0 Å². The van der Waals surface area contributed by atoms with Gasteiger partial charge >= 0.3 is 6.09 Å². The molecule has 11 heteroatoms. The highest BCUT2D eigenvalue weighted by Gasteiger charge is 2.34. The third-order valence-electron chi connectivity index (χ3n) is 6.23. The second-order valence-corrected chi connectivity index (χ2v) is 10.2. The van der Waals surface area contributed by atoms with Crippen molar-refractivity contribution in [2.75, 3.05) is 44.0 Å². The highest BCUT2D eigenvalue weighted by atomic mass is 16.6. The zero-order chi connectivity index (χ0) is 28.3. The van der Waals surface area contributed by atoms with Crippen LogP contribution in [0.2, 0.25) is 0 Å². The minimum Gasteiger partial charge on any atom is -0.497 e. The maximum absolute atomic E-state index is 13.7. The molecule has 0 unspecified atom stereocenters. The van der Waals surface area contributed by atoms with Gasteiger partial charge in [-0.15, -0.1) is 0 Å². The lowest BCUT2D eigenvalue weighted by atomic mass is 10.0. The smallest absolute Gasteiger partial charge is 0.410 e.